The van der Waals surface area contributed by atoms with Crippen molar-refractivity contribution < 1.29 is 0 Å². The third-order valence-electron chi connectivity index (χ3n) is 4.63. The number of nitrogens with one attached hydrogen (secondary N) is 1. The molecule has 3 heterocycles. The molecule has 5 N–H and O–H groups in total. The molecule has 0 amide bonds. The van der Waals surface area contributed by atoms with Crippen molar-refractivity contribution in [3.8, 4) is 11.4 Å². The smallest absolute Gasteiger partial charge is 0.189 e. The van der Waals surface area contributed by atoms with Crippen LogP contribution >= 0.6 is 0 Å². The maximum absolute atomic E-state index is 6.03. The summed E-state index contributed by atoms with van der Waals surface area (Å²) in [7, 11) is 0. The van der Waals surface area contributed by atoms with Gasteiger partial charge in [0.15, 0.2) is 17.5 Å². The molecular weight excluding hydrogens is 304 g/mol. The number of benzene rings is 1. The summed E-state index contributed by atoms with van der Waals surface area (Å²) in [5.74, 6) is 1.58. The molecule has 4 rings (SSSR count). The monoisotopic (exact) mass is 324 g/mol. The average Bonchev–Trinajstić information content (AvgIpc) is 3.22. The molecule has 0 aliphatic carbocycles. The van der Waals surface area contributed by atoms with Crippen LogP contribution in [0.3, 0.4) is 0 Å². The SMILES string of the molecule is Cc1n[nH]c2ccc(-c3nnc(N)c(N4CCCC4CN)n3)cc12. The molecule has 1 atom stereocenters. The fraction of sp³-hybridized carbons (Fsp3) is 0.375. The molecule has 2 aromatic heterocycles. The second-order valence-corrected chi connectivity index (χ2v) is 6.14. The van der Waals surface area contributed by atoms with Crippen molar-refractivity contribution in [3.63, 3.8) is 0 Å². The Morgan fingerprint density at radius 3 is 3.04 bits per heavy atom. The van der Waals surface area contributed by atoms with Crippen LogP contribution in [0.4, 0.5) is 11.6 Å². The molecule has 1 fully saturated rings. The highest BCUT2D eigenvalue weighted by Gasteiger charge is 2.27. The largest absolute Gasteiger partial charge is 0.379 e. The zero-order chi connectivity index (χ0) is 16.7. The first kappa shape index (κ1) is 14.8. The molecule has 1 aliphatic heterocycles. The van der Waals surface area contributed by atoms with Crippen molar-refractivity contribution in [1.82, 2.24) is 25.4 Å². The molecule has 1 aromatic carbocycles. The molecule has 3 aromatic rings. The number of rotatable bonds is 3. The Morgan fingerprint density at radius 1 is 1.33 bits per heavy atom. The molecule has 24 heavy (non-hydrogen) atoms. The first-order chi connectivity index (χ1) is 11.7. The van der Waals surface area contributed by atoms with Gasteiger partial charge < -0.3 is 16.4 Å². The number of hydrogen-bond donors (Lipinski definition) is 3. The second kappa shape index (κ2) is 5.72. The zero-order valence-corrected chi connectivity index (χ0v) is 13.5. The van der Waals surface area contributed by atoms with Gasteiger partial charge in [-0.15, -0.1) is 10.2 Å². The Bertz CT molecular complexity index is 887. The molecule has 8 heteroatoms. The van der Waals surface area contributed by atoms with Crippen molar-refractivity contribution in [2.45, 2.75) is 25.8 Å². The van der Waals surface area contributed by atoms with Crippen molar-refractivity contribution in [2.24, 2.45) is 5.73 Å². The van der Waals surface area contributed by atoms with E-state index < -0.39 is 0 Å². The molecule has 1 unspecified atom stereocenters. The van der Waals surface area contributed by atoms with E-state index in [2.05, 4.69) is 30.3 Å². The summed E-state index contributed by atoms with van der Waals surface area (Å²) in [6, 6.07) is 6.22. The lowest BCUT2D eigenvalue weighted by atomic mass is 10.1. The summed E-state index contributed by atoms with van der Waals surface area (Å²) in [6.07, 6.45) is 2.14. The fourth-order valence-corrected chi connectivity index (χ4v) is 3.30. The van der Waals surface area contributed by atoms with Gasteiger partial charge in [0.25, 0.3) is 0 Å². The van der Waals surface area contributed by atoms with E-state index in [0.29, 0.717) is 24.0 Å². The normalized spacial score (nSPS) is 17.8. The third kappa shape index (κ3) is 2.35. The Kier molecular flexibility index (Phi) is 3.53. The van der Waals surface area contributed by atoms with Gasteiger partial charge in [0.2, 0.25) is 0 Å². The first-order valence-electron chi connectivity index (χ1n) is 8.09. The van der Waals surface area contributed by atoms with Gasteiger partial charge >= 0.3 is 0 Å². The van der Waals surface area contributed by atoms with Crippen molar-refractivity contribution in [2.75, 3.05) is 23.7 Å². The number of nitrogens with zero attached hydrogens (tertiary/aromatic N) is 5. The van der Waals surface area contributed by atoms with Crippen LogP contribution in [0.2, 0.25) is 0 Å². The minimum Gasteiger partial charge on any atom is -0.379 e. The van der Waals surface area contributed by atoms with Crippen LogP contribution in [0.15, 0.2) is 18.2 Å². The summed E-state index contributed by atoms with van der Waals surface area (Å²) >= 11 is 0. The third-order valence-corrected chi connectivity index (χ3v) is 4.63. The maximum Gasteiger partial charge on any atom is 0.189 e. The standard InChI is InChI=1S/C16H20N8/c1-9-12-7-10(4-5-13(12)21-20-9)15-19-16(14(18)22-23-15)24-6-2-3-11(24)8-17/h4-5,7,11H,2-3,6,8,17H2,1H3,(H2,18,22)(H,20,21). The van der Waals surface area contributed by atoms with E-state index in [9.17, 15) is 0 Å². The molecule has 0 saturated carbocycles. The topological polar surface area (TPSA) is 123 Å². The zero-order valence-electron chi connectivity index (χ0n) is 13.5. The Balaban J connectivity index is 1.78. The van der Waals surface area contributed by atoms with E-state index in [0.717, 1.165) is 41.5 Å². The number of anilines is 2. The van der Waals surface area contributed by atoms with Crippen LogP contribution in [0.1, 0.15) is 18.5 Å². The molecular formula is C16H20N8. The van der Waals surface area contributed by atoms with E-state index in [1.54, 1.807) is 0 Å². The van der Waals surface area contributed by atoms with E-state index in [1.807, 2.05) is 25.1 Å². The van der Waals surface area contributed by atoms with Crippen molar-refractivity contribution in [3.05, 3.63) is 23.9 Å². The average molecular weight is 324 g/mol. The van der Waals surface area contributed by atoms with Gasteiger partial charge in [0.1, 0.15) is 0 Å². The van der Waals surface area contributed by atoms with E-state index >= 15 is 0 Å². The van der Waals surface area contributed by atoms with Crippen LogP contribution in [-0.2, 0) is 0 Å². The molecule has 0 radical (unpaired) electrons. The van der Waals surface area contributed by atoms with Crippen LogP contribution in [-0.4, -0.2) is 44.5 Å². The molecule has 124 valence electrons. The summed E-state index contributed by atoms with van der Waals surface area (Å²) in [5, 5.41) is 16.6. The number of H-pyrrole nitrogens is 1. The number of aromatic nitrogens is 5. The summed E-state index contributed by atoms with van der Waals surface area (Å²) in [5.41, 5.74) is 14.7. The number of hydrogen-bond acceptors (Lipinski definition) is 7. The van der Waals surface area contributed by atoms with Gasteiger partial charge in [-0.1, -0.05) is 0 Å². The van der Waals surface area contributed by atoms with Crippen LogP contribution in [0.5, 0.6) is 0 Å². The second-order valence-electron chi connectivity index (χ2n) is 6.14. The van der Waals surface area contributed by atoms with Crippen LogP contribution < -0.4 is 16.4 Å². The molecule has 8 nitrogen and oxygen atoms in total. The number of aryl methyl sites for hydroxylation is 1. The highest BCUT2D eigenvalue weighted by molar-refractivity contribution is 5.85. The minimum absolute atomic E-state index is 0.260. The maximum atomic E-state index is 6.03. The van der Waals surface area contributed by atoms with Gasteiger partial charge in [-0.3, -0.25) is 5.10 Å². The summed E-state index contributed by atoms with van der Waals surface area (Å²) in [4.78, 5) is 6.83. The number of nitrogens with two attached hydrogens (primary N) is 2. The van der Waals surface area contributed by atoms with Crippen molar-refractivity contribution in [1.29, 1.82) is 0 Å². The predicted octanol–water partition coefficient (Wildman–Crippen LogP) is 1.23. The van der Waals surface area contributed by atoms with Gasteiger partial charge in [0, 0.05) is 30.1 Å². The van der Waals surface area contributed by atoms with Gasteiger partial charge in [-0.05, 0) is 38.0 Å². The Labute approximate surface area is 139 Å². The minimum atomic E-state index is 0.260. The van der Waals surface area contributed by atoms with Crippen molar-refractivity contribution >= 4 is 22.5 Å². The molecule has 0 bridgehead atoms. The lowest BCUT2D eigenvalue weighted by molar-refractivity contribution is 0.670. The van der Waals surface area contributed by atoms with E-state index in [-0.39, 0.29) is 6.04 Å². The molecule has 1 aliphatic rings. The fourth-order valence-electron chi connectivity index (χ4n) is 3.30. The number of nitrogen functional groups attached to an aromatic ring is 1. The first-order valence-corrected chi connectivity index (χ1v) is 8.09. The Morgan fingerprint density at radius 2 is 2.21 bits per heavy atom. The van der Waals surface area contributed by atoms with Crippen LogP contribution in [0.25, 0.3) is 22.3 Å². The highest BCUT2D eigenvalue weighted by atomic mass is 15.3. The van der Waals surface area contributed by atoms with Gasteiger partial charge in [0.05, 0.1) is 11.2 Å². The number of aromatic amines is 1. The van der Waals surface area contributed by atoms with Gasteiger partial charge in [-0.25, -0.2) is 4.98 Å². The summed E-state index contributed by atoms with van der Waals surface area (Å²) < 4.78 is 0. The lowest BCUT2D eigenvalue weighted by Crippen LogP contribution is -2.36. The predicted molar refractivity (Wildman–Crippen MR) is 93.5 cm³/mol. The van der Waals surface area contributed by atoms with Crippen LogP contribution in [0, 0.1) is 6.92 Å². The van der Waals surface area contributed by atoms with Gasteiger partial charge in [-0.2, -0.15) is 5.10 Å². The molecule has 1 saturated heterocycles. The van der Waals surface area contributed by atoms with E-state index in [4.69, 9.17) is 11.5 Å². The molecule has 0 spiro atoms. The highest BCUT2D eigenvalue weighted by Crippen LogP contribution is 2.29. The Hall–Kier alpha value is -2.74. The summed E-state index contributed by atoms with van der Waals surface area (Å²) in [6.45, 7) is 3.44. The quantitative estimate of drug-likeness (QED) is 0.662. The van der Waals surface area contributed by atoms with E-state index in [1.165, 1.54) is 0 Å². The number of fused-ring (bicyclic) bond motifs is 1. The lowest BCUT2D eigenvalue weighted by Gasteiger charge is -2.25.